The van der Waals surface area contributed by atoms with Gasteiger partial charge in [0.25, 0.3) is 0 Å². The summed E-state index contributed by atoms with van der Waals surface area (Å²) in [7, 11) is 0. The van der Waals surface area contributed by atoms with Gasteiger partial charge in [0.15, 0.2) is 0 Å². The van der Waals surface area contributed by atoms with Gasteiger partial charge in [-0.05, 0) is 30.7 Å². The molecule has 2 N–H and O–H groups in total. The molecular weight excluding hydrogens is 228 g/mol. The van der Waals surface area contributed by atoms with Crippen molar-refractivity contribution in [2.45, 2.75) is 40.0 Å². The zero-order valence-electron chi connectivity index (χ0n) is 12.1. The van der Waals surface area contributed by atoms with E-state index in [-0.39, 0.29) is 11.3 Å². The van der Waals surface area contributed by atoms with E-state index in [0.717, 1.165) is 25.9 Å². The van der Waals surface area contributed by atoms with Crippen molar-refractivity contribution < 1.29 is 9.53 Å². The molecule has 0 aromatic heterocycles. The van der Waals surface area contributed by atoms with Crippen LogP contribution in [-0.2, 0) is 9.53 Å². The van der Waals surface area contributed by atoms with Crippen molar-refractivity contribution in [1.82, 2.24) is 4.90 Å². The van der Waals surface area contributed by atoms with Gasteiger partial charge in [-0.15, -0.1) is 0 Å². The first-order chi connectivity index (χ1) is 8.45. The molecule has 1 amide bonds. The van der Waals surface area contributed by atoms with Crippen molar-refractivity contribution in [3.8, 4) is 0 Å². The van der Waals surface area contributed by atoms with Gasteiger partial charge in [-0.25, -0.2) is 0 Å². The van der Waals surface area contributed by atoms with Crippen LogP contribution in [0.5, 0.6) is 0 Å². The molecule has 1 unspecified atom stereocenters. The molecule has 0 aromatic rings. The predicted octanol–water partition coefficient (Wildman–Crippen LogP) is 1.64. The Morgan fingerprint density at radius 3 is 2.39 bits per heavy atom. The number of nitrogens with two attached hydrogens (primary N) is 1. The Kier molecular flexibility index (Phi) is 6.09. The average molecular weight is 256 g/mol. The van der Waals surface area contributed by atoms with Crippen molar-refractivity contribution in [1.29, 1.82) is 0 Å². The van der Waals surface area contributed by atoms with Crippen LogP contribution in [0.25, 0.3) is 0 Å². The molecule has 0 spiro atoms. The van der Waals surface area contributed by atoms with E-state index in [1.165, 1.54) is 0 Å². The van der Waals surface area contributed by atoms with E-state index in [1.807, 2.05) is 4.90 Å². The smallest absolute Gasteiger partial charge is 0.222 e. The molecule has 18 heavy (non-hydrogen) atoms. The van der Waals surface area contributed by atoms with Crippen LogP contribution in [-0.4, -0.2) is 43.7 Å². The molecule has 4 heteroatoms. The second kappa shape index (κ2) is 7.10. The summed E-state index contributed by atoms with van der Waals surface area (Å²) in [6.45, 7) is 10.2. The monoisotopic (exact) mass is 256 g/mol. The summed E-state index contributed by atoms with van der Waals surface area (Å²) in [6, 6.07) is 0. The Morgan fingerprint density at radius 1 is 1.28 bits per heavy atom. The molecule has 1 heterocycles. The first-order valence-electron chi connectivity index (χ1n) is 7.00. The molecule has 1 aliphatic heterocycles. The second-order valence-corrected chi connectivity index (χ2v) is 6.17. The highest BCUT2D eigenvalue weighted by atomic mass is 16.5. The van der Waals surface area contributed by atoms with Gasteiger partial charge < -0.3 is 15.4 Å². The summed E-state index contributed by atoms with van der Waals surface area (Å²) >= 11 is 0. The lowest BCUT2D eigenvalue weighted by atomic mass is 9.76. The zero-order valence-corrected chi connectivity index (χ0v) is 12.1. The Balaban J connectivity index is 2.38. The average Bonchev–Trinajstić information content (AvgIpc) is 2.33. The van der Waals surface area contributed by atoms with Gasteiger partial charge in [0.2, 0.25) is 5.91 Å². The molecule has 0 aliphatic carbocycles. The van der Waals surface area contributed by atoms with E-state index in [0.29, 0.717) is 32.1 Å². The zero-order chi connectivity index (χ0) is 13.6. The van der Waals surface area contributed by atoms with Crippen molar-refractivity contribution in [2.24, 2.45) is 17.1 Å². The Hall–Kier alpha value is -0.610. The summed E-state index contributed by atoms with van der Waals surface area (Å²) in [5.74, 6) is 0.789. The van der Waals surface area contributed by atoms with E-state index in [9.17, 15) is 4.79 Å². The summed E-state index contributed by atoms with van der Waals surface area (Å²) < 4.78 is 5.26. The van der Waals surface area contributed by atoms with Crippen LogP contribution in [0.4, 0.5) is 0 Å². The van der Waals surface area contributed by atoms with Crippen molar-refractivity contribution in [3.63, 3.8) is 0 Å². The van der Waals surface area contributed by atoms with Crippen LogP contribution < -0.4 is 5.73 Å². The molecule has 0 saturated carbocycles. The highest BCUT2D eigenvalue weighted by Gasteiger charge is 2.25. The van der Waals surface area contributed by atoms with Gasteiger partial charge in [-0.3, -0.25) is 4.79 Å². The number of carbonyl (C=O) groups excluding carboxylic acids is 1. The molecule has 1 aliphatic rings. The third kappa shape index (κ3) is 4.94. The molecule has 1 fully saturated rings. The maximum Gasteiger partial charge on any atom is 0.222 e. The number of morpholine rings is 1. The third-order valence-corrected chi connectivity index (χ3v) is 3.81. The van der Waals surface area contributed by atoms with Gasteiger partial charge in [0.05, 0.1) is 13.2 Å². The largest absolute Gasteiger partial charge is 0.378 e. The van der Waals surface area contributed by atoms with Crippen LogP contribution in [0.1, 0.15) is 40.0 Å². The minimum atomic E-state index is 0.227. The fourth-order valence-electron chi connectivity index (χ4n) is 2.48. The minimum Gasteiger partial charge on any atom is -0.378 e. The molecule has 1 saturated heterocycles. The van der Waals surface area contributed by atoms with Crippen LogP contribution in [0.3, 0.4) is 0 Å². The number of rotatable bonds is 5. The number of hydrogen-bond donors (Lipinski definition) is 1. The Morgan fingerprint density at radius 2 is 1.89 bits per heavy atom. The fourth-order valence-corrected chi connectivity index (χ4v) is 2.48. The van der Waals surface area contributed by atoms with Crippen molar-refractivity contribution in [2.75, 3.05) is 32.8 Å². The molecule has 1 rings (SSSR count). The highest BCUT2D eigenvalue weighted by molar-refractivity contribution is 5.76. The number of carbonyl (C=O) groups is 1. The van der Waals surface area contributed by atoms with E-state index in [1.54, 1.807) is 0 Å². The van der Waals surface area contributed by atoms with E-state index in [2.05, 4.69) is 20.8 Å². The van der Waals surface area contributed by atoms with E-state index < -0.39 is 0 Å². The quantitative estimate of drug-likeness (QED) is 0.813. The van der Waals surface area contributed by atoms with Gasteiger partial charge in [0.1, 0.15) is 0 Å². The molecule has 0 bridgehead atoms. The lowest BCUT2D eigenvalue weighted by Crippen LogP contribution is -2.41. The van der Waals surface area contributed by atoms with Crippen LogP contribution in [0, 0.1) is 11.3 Å². The summed E-state index contributed by atoms with van der Waals surface area (Å²) in [6.07, 6.45) is 2.58. The normalized spacial score (nSPS) is 18.8. The van der Waals surface area contributed by atoms with Gasteiger partial charge >= 0.3 is 0 Å². The Labute approximate surface area is 111 Å². The van der Waals surface area contributed by atoms with Gasteiger partial charge in [0, 0.05) is 19.5 Å². The highest BCUT2D eigenvalue weighted by Crippen LogP contribution is 2.32. The Bertz CT molecular complexity index is 255. The molecule has 0 aromatic carbocycles. The topological polar surface area (TPSA) is 55.6 Å². The summed E-state index contributed by atoms with van der Waals surface area (Å²) in [5, 5.41) is 0. The lowest BCUT2D eigenvalue weighted by molar-refractivity contribution is -0.135. The fraction of sp³-hybridized carbons (Fsp3) is 0.929. The molecule has 1 atom stereocenters. The standard InChI is InChI=1S/C14H28N2O2/c1-14(2,3)12(6-7-15)4-5-13(17)16-8-10-18-11-9-16/h12H,4-11,15H2,1-3H3. The minimum absolute atomic E-state index is 0.227. The van der Waals surface area contributed by atoms with Crippen LogP contribution in [0.2, 0.25) is 0 Å². The van der Waals surface area contributed by atoms with Gasteiger partial charge in [-0.2, -0.15) is 0 Å². The maximum atomic E-state index is 12.1. The van der Waals surface area contributed by atoms with Crippen molar-refractivity contribution >= 4 is 5.91 Å². The van der Waals surface area contributed by atoms with E-state index >= 15 is 0 Å². The first kappa shape index (κ1) is 15.4. The maximum absolute atomic E-state index is 12.1. The van der Waals surface area contributed by atoms with Crippen LogP contribution in [0.15, 0.2) is 0 Å². The molecular formula is C14H28N2O2. The molecule has 106 valence electrons. The number of amides is 1. The molecule has 4 nitrogen and oxygen atoms in total. The van der Waals surface area contributed by atoms with Gasteiger partial charge in [-0.1, -0.05) is 20.8 Å². The SMILES string of the molecule is CC(C)(C)C(CCN)CCC(=O)N1CCOCC1. The first-order valence-corrected chi connectivity index (χ1v) is 7.00. The molecule has 0 radical (unpaired) electrons. The van der Waals surface area contributed by atoms with Crippen molar-refractivity contribution in [3.05, 3.63) is 0 Å². The number of ether oxygens (including phenoxy) is 1. The lowest BCUT2D eigenvalue weighted by Gasteiger charge is -2.32. The van der Waals surface area contributed by atoms with Crippen LogP contribution >= 0.6 is 0 Å². The predicted molar refractivity (Wildman–Crippen MR) is 73.2 cm³/mol. The summed E-state index contributed by atoms with van der Waals surface area (Å²) in [5.41, 5.74) is 5.89. The number of hydrogen-bond acceptors (Lipinski definition) is 3. The second-order valence-electron chi connectivity index (χ2n) is 6.17. The van der Waals surface area contributed by atoms with E-state index in [4.69, 9.17) is 10.5 Å². The summed E-state index contributed by atoms with van der Waals surface area (Å²) in [4.78, 5) is 14.0. The number of nitrogens with zero attached hydrogens (tertiary/aromatic N) is 1. The third-order valence-electron chi connectivity index (χ3n) is 3.81.